The molecule has 0 aromatic heterocycles. The van der Waals surface area contributed by atoms with Crippen molar-refractivity contribution in [1.29, 1.82) is 0 Å². The molecule has 250 valence electrons. The summed E-state index contributed by atoms with van der Waals surface area (Å²) >= 11 is 0. The molecule has 0 radical (unpaired) electrons. The Morgan fingerprint density at radius 3 is 1.25 bits per heavy atom. The summed E-state index contributed by atoms with van der Waals surface area (Å²) in [6, 6.07) is 15.3. The molecule has 0 saturated heterocycles. The number of phenolic OH excluding ortho intramolecular Hbond substituents is 2. The van der Waals surface area contributed by atoms with Gasteiger partial charge >= 0.3 is 0 Å². The fourth-order valence-electron chi connectivity index (χ4n) is 6.91. The minimum Gasteiger partial charge on any atom is -0.504 e. The number of ether oxygens (including phenoxy) is 6. The molecule has 0 saturated carbocycles. The molecule has 0 fully saturated rings. The fraction of sp³-hybridized carbons (Fsp3) is 0.300. The summed E-state index contributed by atoms with van der Waals surface area (Å²) in [7, 11) is 6.26. The van der Waals surface area contributed by atoms with Gasteiger partial charge in [-0.15, -0.1) is 0 Å². The van der Waals surface area contributed by atoms with Crippen LogP contribution in [-0.2, 0) is 0 Å². The summed E-state index contributed by atoms with van der Waals surface area (Å²) < 4.78 is 35.9. The monoisotopic (exact) mass is 650 g/mol. The summed E-state index contributed by atoms with van der Waals surface area (Å²) in [6.45, 7) is 8.15. The van der Waals surface area contributed by atoms with Crippen LogP contribution < -0.4 is 28.4 Å². The van der Waals surface area contributed by atoms with Gasteiger partial charge in [0.2, 0.25) is 0 Å². The minimum atomic E-state index is -0.415. The zero-order valence-corrected chi connectivity index (χ0v) is 28.6. The SMILES string of the molecule is C/C=C/c1cc(OC)c2c(c1)C(C)C(c1cc(OC)c(O)c(-c3cc(C4Oc5c(OC)cc(/C=C/C)cc5C4C)cc(OC)c3O)c1)O2. The van der Waals surface area contributed by atoms with Crippen LogP contribution in [-0.4, -0.2) is 38.7 Å². The van der Waals surface area contributed by atoms with E-state index in [2.05, 4.69) is 26.0 Å². The van der Waals surface area contributed by atoms with E-state index < -0.39 is 12.2 Å². The zero-order chi connectivity index (χ0) is 34.3. The Bertz CT molecular complexity index is 1780. The second-order valence-electron chi connectivity index (χ2n) is 12.2. The van der Waals surface area contributed by atoms with Crippen molar-refractivity contribution in [3.8, 4) is 57.1 Å². The number of aromatic hydroxyl groups is 2. The van der Waals surface area contributed by atoms with E-state index in [0.717, 1.165) is 33.4 Å². The van der Waals surface area contributed by atoms with Gasteiger partial charge in [0.1, 0.15) is 12.2 Å². The van der Waals surface area contributed by atoms with Gasteiger partial charge in [-0.05, 0) is 84.6 Å². The van der Waals surface area contributed by atoms with Gasteiger partial charge in [-0.3, -0.25) is 0 Å². The molecule has 8 nitrogen and oxygen atoms in total. The van der Waals surface area contributed by atoms with Gasteiger partial charge in [0, 0.05) is 34.1 Å². The van der Waals surface area contributed by atoms with Gasteiger partial charge in [0.05, 0.1) is 28.4 Å². The Hall–Kier alpha value is -5.24. The van der Waals surface area contributed by atoms with Crippen LogP contribution in [0.5, 0.6) is 46.0 Å². The molecule has 8 heteroatoms. The first-order chi connectivity index (χ1) is 23.2. The number of hydrogen-bond acceptors (Lipinski definition) is 8. The highest BCUT2D eigenvalue weighted by molar-refractivity contribution is 5.82. The van der Waals surface area contributed by atoms with Gasteiger partial charge in [0.25, 0.3) is 0 Å². The average molecular weight is 651 g/mol. The Labute approximate surface area is 281 Å². The number of methoxy groups -OCH3 is 4. The van der Waals surface area contributed by atoms with Crippen molar-refractivity contribution in [2.45, 2.75) is 51.7 Å². The van der Waals surface area contributed by atoms with Crippen molar-refractivity contribution >= 4 is 12.2 Å². The molecule has 6 rings (SSSR count). The van der Waals surface area contributed by atoms with Crippen LogP contribution in [0.1, 0.15) is 85.1 Å². The Kier molecular flexibility index (Phi) is 8.93. The minimum absolute atomic E-state index is 0.0515. The van der Waals surface area contributed by atoms with E-state index in [1.807, 2.05) is 62.4 Å². The molecule has 48 heavy (non-hydrogen) atoms. The normalized spacial score (nSPS) is 19.6. The standard InChI is InChI=1S/C40H42O8/c1-9-11-23-13-27-21(3)37(47-39(27)33(15-23)45-7)25-17-29(35(41)31(19-25)43-5)30-18-26(20-32(44-6)36(30)42)38-22(4)28-14-24(12-10-2)16-34(46-8)40(28)48-38/h9-22,37-38,41-42H,1-8H3/b11-9+,12-10+. The average Bonchev–Trinajstić information content (AvgIpc) is 3.61. The van der Waals surface area contributed by atoms with Crippen molar-refractivity contribution in [1.82, 2.24) is 0 Å². The molecule has 4 atom stereocenters. The third-order valence-corrected chi connectivity index (χ3v) is 9.33. The van der Waals surface area contributed by atoms with E-state index in [-0.39, 0.29) is 34.8 Å². The Morgan fingerprint density at radius 1 is 0.542 bits per heavy atom. The van der Waals surface area contributed by atoms with Gasteiger partial charge < -0.3 is 38.6 Å². The number of rotatable bonds is 9. The molecule has 2 N–H and O–H groups in total. The van der Waals surface area contributed by atoms with Crippen molar-refractivity contribution in [2.24, 2.45) is 0 Å². The zero-order valence-electron chi connectivity index (χ0n) is 28.6. The number of benzene rings is 4. The molecule has 4 aromatic carbocycles. The quantitative estimate of drug-likeness (QED) is 0.185. The van der Waals surface area contributed by atoms with E-state index >= 15 is 0 Å². The number of hydrogen-bond donors (Lipinski definition) is 2. The lowest BCUT2D eigenvalue weighted by atomic mass is 9.88. The Balaban J connectivity index is 1.45. The van der Waals surface area contributed by atoms with E-state index in [0.29, 0.717) is 34.1 Å². The predicted octanol–water partition coefficient (Wildman–Crippen LogP) is 9.34. The van der Waals surface area contributed by atoms with Gasteiger partial charge in [-0.2, -0.15) is 0 Å². The molecule has 2 aliphatic heterocycles. The van der Waals surface area contributed by atoms with Gasteiger partial charge in [-0.1, -0.05) is 38.2 Å². The van der Waals surface area contributed by atoms with Crippen LogP contribution in [0.15, 0.2) is 60.7 Å². The van der Waals surface area contributed by atoms with E-state index in [4.69, 9.17) is 28.4 Å². The van der Waals surface area contributed by atoms with Crippen LogP contribution in [0, 0.1) is 0 Å². The highest BCUT2D eigenvalue weighted by atomic mass is 16.5. The second-order valence-corrected chi connectivity index (χ2v) is 12.2. The largest absolute Gasteiger partial charge is 0.504 e. The van der Waals surface area contributed by atoms with Crippen LogP contribution in [0.2, 0.25) is 0 Å². The lowest BCUT2D eigenvalue weighted by Crippen LogP contribution is -2.09. The van der Waals surface area contributed by atoms with E-state index in [9.17, 15) is 10.2 Å². The molecular formula is C40H42O8. The lowest BCUT2D eigenvalue weighted by Gasteiger charge is -2.22. The Morgan fingerprint density at radius 2 is 0.917 bits per heavy atom. The number of allylic oxidation sites excluding steroid dienone is 2. The summed E-state index contributed by atoms with van der Waals surface area (Å²) in [4.78, 5) is 0. The van der Waals surface area contributed by atoms with Crippen molar-refractivity contribution in [3.05, 3.63) is 94.1 Å². The molecule has 2 heterocycles. The maximum Gasteiger partial charge on any atom is 0.165 e. The highest BCUT2D eigenvalue weighted by Crippen LogP contribution is 2.55. The van der Waals surface area contributed by atoms with Crippen LogP contribution >= 0.6 is 0 Å². The number of phenols is 2. The first-order valence-electron chi connectivity index (χ1n) is 16.0. The van der Waals surface area contributed by atoms with Gasteiger partial charge in [-0.25, -0.2) is 0 Å². The fourth-order valence-corrected chi connectivity index (χ4v) is 6.91. The molecule has 0 bridgehead atoms. The summed E-state index contributed by atoms with van der Waals surface area (Å²) in [5.74, 6) is 2.83. The maximum absolute atomic E-state index is 11.5. The van der Waals surface area contributed by atoms with Crippen molar-refractivity contribution in [2.75, 3.05) is 28.4 Å². The summed E-state index contributed by atoms with van der Waals surface area (Å²) in [5.41, 5.74) is 6.34. The van der Waals surface area contributed by atoms with E-state index in [1.54, 1.807) is 26.4 Å². The van der Waals surface area contributed by atoms with E-state index in [1.165, 1.54) is 14.2 Å². The third kappa shape index (κ3) is 5.45. The van der Waals surface area contributed by atoms with Crippen molar-refractivity contribution in [3.63, 3.8) is 0 Å². The molecule has 2 aliphatic rings. The smallest absolute Gasteiger partial charge is 0.165 e. The summed E-state index contributed by atoms with van der Waals surface area (Å²) in [6.07, 6.45) is 7.19. The predicted molar refractivity (Wildman–Crippen MR) is 187 cm³/mol. The summed E-state index contributed by atoms with van der Waals surface area (Å²) in [5, 5.41) is 23.0. The molecule has 4 unspecified atom stereocenters. The third-order valence-electron chi connectivity index (χ3n) is 9.33. The van der Waals surface area contributed by atoms with Crippen LogP contribution in [0.4, 0.5) is 0 Å². The maximum atomic E-state index is 11.5. The molecule has 0 amide bonds. The first-order valence-corrected chi connectivity index (χ1v) is 16.0. The molecule has 4 aromatic rings. The molecule has 0 spiro atoms. The highest BCUT2D eigenvalue weighted by Gasteiger charge is 2.38. The molecule has 0 aliphatic carbocycles. The number of fused-ring (bicyclic) bond motifs is 2. The van der Waals surface area contributed by atoms with Gasteiger partial charge in [0.15, 0.2) is 46.0 Å². The van der Waals surface area contributed by atoms with Crippen molar-refractivity contribution < 1.29 is 38.6 Å². The second kappa shape index (κ2) is 13.1. The topological polar surface area (TPSA) is 95.8 Å². The molecular weight excluding hydrogens is 608 g/mol. The lowest BCUT2D eigenvalue weighted by molar-refractivity contribution is 0.207. The van der Waals surface area contributed by atoms with Crippen LogP contribution in [0.25, 0.3) is 23.3 Å². The first kappa shape index (κ1) is 32.7. The van der Waals surface area contributed by atoms with Crippen LogP contribution in [0.3, 0.4) is 0 Å².